The molecule has 0 aliphatic heterocycles. The summed E-state index contributed by atoms with van der Waals surface area (Å²) >= 11 is 0. The normalized spacial score (nSPS) is 10.3. The summed E-state index contributed by atoms with van der Waals surface area (Å²) < 4.78 is 0. The van der Waals surface area contributed by atoms with Gasteiger partial charge >= 0.3 is 0 Å². The highest BCUT2D eigenvalue weighted by atomic mass is 15.1. The van der Waals surface area contributed by atoms with Gasteiger partial charge in [0, 0.05) is 18.2 Å². The van der Waals surface area contributed by atoms with E-state index in [-0.39, 0.29) is 0 Å². The molecule has 3 N–H and O–H groups in total. The van der Waals surface area contributed by atoms with Gasteiger partial charge in [-0.05, 0) is 19.1 Å². The van der Waals surface area contributed by atoms with E-state index in [2.05, 4.69) is 20.3 Å². The number of anilines is 2. The van der Waals surface area contributed by atoms with Crippen molar-refractivity contribution < 1.29 is 0 Å². The van der Waals surface area contributed by atoms with Crippen LogP contribution in [-0.4, -0.2) is 15.0 Å². The zero-order valence-electron chi connectivity index (χ0n) is 10.6. The van der Waals surface area contributed by atoms with Gasteiger partial charge in [-0.3, -0.25) is 4.98 Å². The van der Waals surface area contributed by atoms with Crippen LogP contribution in [0.25, 0.3) is 0 Å². The predicted molar refractivity (Wildman–Crippen MR) is 72.1 cm³/mol. The predicted octanol–water partition coefficient (Wildman–Crippen LogP) is 1.94. The molecular weight excluding hydrogens is 226 g/mol. The molecule has 5 heteroatoms. The van der Waals surface area contributed by atoms with E-state index in [1.165, 1.54) is 0 Å². The van der Waals surface area contributed by atoms with Crippen molar-refractivity contribution >= 4 is 11.6 Å². The molecule has 5 nitrogen and oxygen atoms in total. The van der Waals surface area contributed by atoms with Crippen molar-refractivity contribution in [1.29, 1.82) is 0 Å². The molecule has 0 radical (unpaired) electrons. The first kappa shape index (κ1) is 12.3. The van der Waals surface area contributed by atoms with Crippen LogP contribution in [0.1, 0.15) is 24.1 Å². The summed E-state index contributed by atoms with van der Waals surface area (Å²) in [5.74, 6) is 1.97. The molecule has 0 fully saturated rings. The minimum Gasteiger partial charge on any atom is -0.384 e. The summed E-state index contributed by atoms with van der Waals surface area (Å²) in [7, 11) is 0. The topological polar surface area (TPSA) is 76.7 Å². The maximum Gasteiger partial charge on any atom is 0.132 e. The molecular formula is C13H17N5. The van der Waals surface area contributed by atoms with Crippen LogP contribution < -0.4 is 11.1 Å². The number of pyridine rings is 1. The molecule has 94 valence electrons. The highest BCUT2D eigenvalue weighted by Gasteiger charge is 2.01. The van der Waals surface area contributed by atoms with Gasteiger partial charge in [0.15, 0.2) is 0 Å². The van der Waals surface area contributed by atoms with Gasteiger partial charge in [0.2, 0.25) is 0 Å². The van der Waals surface area contributed by atoms with E-state index in [1.54, 1.807) is 6.07 Å². The van der Waals surface area contributed by atoms with E-state index >= 15 is 0 Å². The Kier molecular flexibility index (Phi) is 3.72. The molecule has 2 rings (SSSR count). The highest BCUT2D eigenvalue weighted by Crippen LogP contribution is 2.10. The first-order chi connectivity index (χ1) is 8.67. The van der Waals surface area contributed by atoms with Crippen LogP contribution in [0, 0.1) is 6.92 Å². The Balaban J connectivity index is 2.08. The fourth-order valence-corrected chi connectivity index (χ4v) is 1.65. The van der Waals surface area contributed by atoms with Crippen LogP contribution in [-0.2, 0) is 13.0 Å². The minimum absolute atomic E-state index is 0.488. The quantitative estimate of drug-likeness (QED) is 0.858. The van der Waals surface area contributed by atoms with Crippen LogP contribution in [0.4, 0.5) is 11.6 Å². The number of rotatable bonds is 4. The summed E-state index contributed by atoms with van der Waals surface area (Å²) in [6.07, 6.45) is 0.766. The van der Waals surface area contributed by atoms with E-state index in [0.717, 1.165) is 29.5 Å². The molecule has 0 saturated heterocycles. The lowest BCUT2D eigenvalue weighted by Gasteiger charge is -2.07. The van der Waals surface area contributed by atoms with Crippen molar-refractivity contribution in [1.82, 2.24) is 15.0 Å². The lowest BCUT2D eigenvalue weighted by Crippen LogP contribution is -2.07. The van der Waals surface area contributed by atoms with E-state index in [9.17, 15) is 0 Å². The van der Waals surface area contributed by atoms with E-state index in [4.69, 9.17) is 5.73 Å². The molecule has 0 aromatic carbocycles. The summed E-state index contributed by atoms with van der Waals surface area (Å²) in [6.45, 7) is 4.60. The largest absolute Gasteiger partial charge is 0.384 e. The Bertz CT molecular complexity index is 539. The number of hydrogen-bond donors (Lipinski definition) is 2. The second-order valence-corrected chi connectivity index (χ2v) is 4.07. The SMILES string of the molecule is CCc1nc(N)cc(NCc2cccc(C)n2)n1. The van der Waals surface area contributed by atoms with Gasteiger partial charge in [0.1, 0.15) is 17.5 Å². The molecule has 0 amide bonds. The molecule has 0 saturated carbocycles. The molecule has 0 spiro atoms. The number of hydrogen-bond acceptors (Lipinski definition) is 5. The summed E-state index contributed by atoms with van der Waals surface area (Å²) in [6, 6.07) is 7.67. The molecule has 0 atom stereocenters. The summed E-state index contributed by atoms with van der Waals surface area (Å²) in [4.78, 5) is 12.9. The van der Waals surface area contributed by atoms with E-state index in [1.807, 2.05) is 32.0 Å². The second-order valence-electron chi connectivity index (χ2n) is 4.07. The molecule has 0 bridgehead atoms. The Labute approximate surface area is 106 Å². The Morgan fingerprint density at radius 2 is 2.06 bits per heavy atom. The summed E-state index contributed by atoms with van der Waals surface area (Å²) in [5, 5.41) is 3.21. The molecule has 2 heterocycles. The number of aryl methyl sites for hydroxylation is 2. The Morgan fingerprint density at radius 3 is 2.78 bits per heavy atom. The Morgan fingerprint density at radius 1 is 1.22 bits per heavy atom. The zero-order chi connectivity index (χ0) is 13.0. The molecule has 0 aliphatic rings. The monoisotopic (exact) mass is 243 g/mol. The molecule has 2 aromatic heterocycles. The van der Waals surface area contributed by atoms with Crippen LogP contribution in [0.2, 0.25) is 0 Å². The fourth-order valence-electron chi connectivity index (χ4n) is 1.65. The zero-order valence-corrected chi connectivity index (χ0v) is 10.6. The van der Waals surface area contributed by atoms with Gasteiger partial charge < -0.3 is 11.1 Å². The minimum atomic E-state index is 0.488. The smallest absolute Gasteiger partial charge is 0.132 e. The average Bonchev–Trinajstić information content (AvgIpc) is 2.36. The number of nitrogens with zero attached hydrogens (tertiary/aromatic N) is 3. The number of nitrogens with one attached hydrogen (secondary N) is 1. The van der Waals surface area contributed by atoms with Crippen molar-refractivity contribution in [2.75, 3.05) is 11.1 Å². The molecule has 0 unspecified atom stereocenters. The first-order valence-corrected chi connectivity index (χ1v) is 5.97. The van der Waals surface area contributed by atoms with Gasteiger partial charge in [-0.1, -0.05) is 13.0 Å². The first-order valence-electron chi connectivity index (χ1n) is 5.97. The van der Waals surface area contributed by atoms with Gasteiger partial charge in [-0.2, -0.15) is 0 Å². The lowest BCUT2D eigenvalue weighted by atomic mass is 10.3. The third-order valence-corrected chi connectivity index (χ3v) is 2.51. The molecule has 0 aliphatic carbocycles. The molecule has 2 aromatic rings. The van der Waals surface area contributed by atoms with Crippen LogP contribution >= 0.6 is 0 Å². The maximum absolute atomic E-state index is 5.72. The highest BCUT2D eigenvalue weighted by molar-refractivity contribution is 5.44. The van der Waals surface area contributed by atoms with Crippen LogP contribution in [0.3, 0.4) is 0 Å². The van der Waals surface area contributed by atoms with Crippen LogP contribution in [0.15, 0.2) is 24.3 Å². The van der Waals surface area contributed by atoms with E-state index in [0.29, 0.717) is 12.4 Å². The number of nitrogens with two attached hydrogens (primary N) is 1. The van der Waals surface area contributed by atoms with Crippen LogP contribution in [0.5, 0.6) is 0 Å². The van der Waals surface area contributed by atoms with E-state index < -0.39 is 0 Å². The lowest BCUT2D eigenvalue weighted by molar-refractivity contribution is 0.930. The van der Waals surface area contributed by atoms with Crippen molar-refractivity contribution in [2.24, 2.45) is 0 Å². The van der Waals surface area contributed by atoms with Gasteiger partial charge in [0.05, 0.1) is 12.2 Å². The number of aromatic nitrogens is 3. The van der Waals surface area contributed by atoms with Crippen molar-refractivity contribution in [3.8, 4) is 0 Å². The number of nitrogen functional groups attached to an aromatic ring is 1. The van der Waals surface area contributed by atoms with Crippen molar-refractivity contribution in [2.45, 2.75) is 26.8 Å². The molecule has 18 heavy (non-hydrogen) atoms. The Hall–Kier alpha value is -2.17. The van der Waals surface area contributed by atoms with Gasteiger partial charge in [-0.15, -0.1) is 0 Å². The standard InChI is InChI=1S/C13H17N5/c1-3-12-17-11(14)7-13(18-12)15-8-10-6-4-5-9(2)16-10/h4-7H,3,8H2,1-2H3,(H3,14,15,17,18). The average molecular weight is 243 g/mol. The second kappa shape index (κ2) is 5.44. The third kappa shape index (κ3) is 3.16. The summed E-state index contributed by atoms with van der Waals surface area (Å²) in [5.41, 5.74) is 7.70. The third-order valence-electron chi connectivity index (χ3n) is 2.51. The fraction of sp³-hybridized carbons (Fsp3) is 0.308. The maximum atomic E-state index is 5.72. The van der Waals surface area contributed by atoms with Crippen molar-refractivity contribution in [3.05, 3.63) is 41.5 Å². The van der Waals surface area contributed by atoms with Crippen molar-refractivity contribution in [3.63, 3.8) is 0 Å². The van der Waals surface area contributed by atoms with Gasteiger partial charge in [0.25, 0.3) is 0 Å². The van der Waals surface area contributed by atoms with Gasteiger partial charge in [-0.25, -0.2) is 9.97 Å².